The van der Waals surface area contributed by atoms with Crippen LogP contribution in [0.25, 0.3) is 10.8 Å². The summed E-state index contributed by atoms with van der Waals surface area (Å²) in [4.78, 5) is 0. The van der Waals surface area contributed by atoms with Crippen molar-refractivity contribution in [2.75, 3.05) is 0 Å². The van der Waals surface area contributed by atoms with Crippen LogP contribution in [0.2, 0.25) is 0 Å². The molecule has 1 nitrogen and oxygen atoms in total. The summed E-state index contributed by atoms with van der Waals surface area (Å²) in [7, 11) is 0. The molecule has 0 aliphatic carbocycles. The maximum Gasteiger partial charge on any atom is 0.123 e. The molecule has 0 saturated carbocycles. The van der Waals surface area contributed by atoms with E-state index in [-0.39, 0.29) is 11.6 Å². The molecule has 0 saturated heterocycles. The fourth-order valence-electron chi connectivity index (χ4n) is 1.27. The van der Waals surface area contributed by atoms with Gasteiger partial charge in [-0.2, -0.15) is 0 Å². The van der Waals surface area contributed by atoms with Crippen molar-refractivity contribution in [3.63, 3.8) is 0 Å². The molecule has 0 aromatic heterocycles. The molecule has 0 unspecified atom stereocenters. The second-order valence-corrected chi connectivity index (χ2v) is 3.96. The number of phenolic OH excluding ortho intramolecular Hbond substituents is 1. The Morgan fingerprint density at radius 2 is 1.92 bits per heavy atom. The normalized spacial score (nSPS) is 10.6. The van der Waals surface area contributed by atoms with Crippen molar-refractivity contribution in [1.82, 2.24) is 0 Å². The van der Waals surface area contributed by atoms with Crippen molar-refractivity contribution >= 4 is 33.4 Å². The monoisotopic (exact) mass is 288 g/mol. The van der Waals surface area contributed by atoms with Crippen LogP contribution in [0.5, 0.6) is 5.75 Å². The zero-order chi connectivity index (χ0) is 9.42. The number of hydrogen-bond donors (Lipinski definition) is 1. The van der Waals surface area contributed by atoms with Crippen molar-refractivity contribution in [2.24, 2.45) is 0 Å². The van der Waals surface area contributed by atoms with Crippen LogP contribution in [0.4, 0.5) is 4.39 Å². The van der Waals surface area contributed by atoms with E-state index < -0.39 is 0 Å². The molecule has 0 amide bonds. The van der Waals surface area contributed by atoms with Gasteiger partial charge in [0.1, 0.15) is 11.6 Å². The third-order valence-electron chi connectivity index (χ3n) is 1.85. The molecular weight excluding hydrogens is 282 g/mol. The number of hydrogen-bond acceptors (Lipinski definition) is 1. The van der Waals surface area contributed by atoms with Gasteiger partial charge in [0.15, 0.2) is 0 Å². The molecule has 0 heterocycles. The van der Waals surface area contributed by atoms with Gasteiger partial charge in [-0.3, -0.25) is 0 Å². The van der Waals surface area contributed by atoms with Gasteiger partial charge < -0.3 is 5.11 Å². The van der Waals surface area contributed by atoms with Crippen molar-refractivity contribution < 1.29 is 9.50 Å². The lowest BCUT2D eigenvalue weighted by Gasteiger charge is -2.01. The quantitative estimate of drug-likeness (QED) is 0.737. The Kier molecular flexibility index (Phi) is 2.11. The van der Waals surface area contributed by atoms with Crippen molar-refractivity contribution in [3.05, 3.63) is 39.7 Å². The second kappa shape index (κ2) is 3.14. The predicted octanol–water partition coefficient (Wildman–Crippen LogP) is 3.29. The Hall–Kier alpha value is -0.840. The number of halogens is 2. The van der Waals surface area contributed by atoms with E-state index in [2.05, 4.69) is 22.6 Å². The first-order chi connectivity index (χ1) is 6.16. The van der Waals surface area contributed by atoms with E-state index >= 15 is 0 Å². The summed E-state index contributed by atoms with van der Waals surface area (Å²) < 4.78 is 13.7. The highest BCUT2D eigenvalue weighted by molar-refractivity contribution is 14.1. The van der Waals surface area contributed by atoms with Gasteiger partial charge in [-0.25, -0.2) is 4.39 Å². The van der Waals surface area contributed by atoms with Gasteiger partial charge in [0.05, 0.1) is 0 Å². The SMILES string of the molecule is Oc1cc(I)c2cc(F)ccc2c1. The summed E-state index contributed by atoms with van der Waals surface area (Å²) in [5.74, 6) is -0.0420. The topological polar surface area (TPSA) is 20.2 Å². The van der Waals surface area contributed by atoms with E-state index in [9.17, 15) is 9.50 Å². The summed E-state index contributed by atoms with van der Waals surface area (Å²) in [6.45, 7) is 0. The van der Waals surface area contributed by atoms with E-state index in [1.54, 1.807) is 18.2 Å². The third-order valence-corrected chi connectivity index (χ3v) is 2.74. The van der Waals surface area contributed by atoms with Crippen LogP contribution in [-0.2, 0) is 0 Å². The predicted molar refractivity (Wildman–Crippen MR) is 58.3 cm³/mol. The Balaban J connectivity index is 2.87. The van der Waals surface area contributed by atoms with Gasteiger partial charge in [0.25, 0.3) is 0 Å². The number of rotatable bonds is 0. The Bertz CT molecular complexity index is 468. The summed E-state index contributed by atoms with van der Waals surface area (Å²) in [6, 6.07) is 7.75. The van der Waals surface area contributed by atoms with E-state index in [1.807, 2.05) is 0 Å². The molecule has 13 heavy (non-hydrogen) atoms. The lowest BCUT2D eigenvalue weighted by atomic mass is 10.1. The summed E-state index contributed by atoms with van der Waals surface area (Å²) in [6.07, 6.45) is 0. The third kappa shape index (κ3) is 1.60. The maximum absolute atomic E-state index is 12.9. The minimum Gasteiger partial charge on any atom is -0.508 e. The van der Waals surface area contributed by atoms with Gasteiger partial charge in [-0.15, -0.1) is 0 Å². The molecule has 0 spiro atoms. The van der Waals surface area contributed by atoms with Crippen molar-refractivity contribution in [3.8, 4) is 5.75 Å². The molecule has 0 aliphatic heterocycles. The molecule has 1 N–H and O–H groups in total. The van der Waals surface area contributed by atoms with Crippen LogP contribution in [-0.4, -0.2) is 5.11 Å². The van der Waals surface area contributed by atoms with E-state index in [0.29, 0.717) is 0 Å². The van der Waals surface area contributed by atoms with Gasteiger partial charge >= 0.3 is 0 Å². The summed E-state index contributed by atoms with van der Waals surface area (Å²) in [5.41, 5.74) is 0. The largest absolute Gasteiger partial charge is 0.508 e. The first kappa shape index (κ1) is 8.74. The molecular formula is C10H6FIO. The average Bonchev–Trinajstić information content (AvgIpc) is 2.06. The molecule has 2 aromatic carbocycles. The van der Waals surface area contributed by atoms with Gasteiger partial charge in [-0.05, 0) is 57.6 Å². The highest BCUT2D eigenvalue weighted by Gasteiger charge is 2.01. The zero-order valence-electron chi connectivity index (χ0n) is 6.59. The fourth-order valence-corrected chi connectivity index (χ4v) is 2.06. The summed E-state index contributed by atoms with van der Waals surface area (Å²) >= 11 is 2.07. The molecule has 0 radical (unpaired) electrons. The smallest absolute Gasteiger partial charge is 0.123 e. The van der Waals surface area contributed by atoms with Crippen LogP contribution in [0, 0.1) is 9.39 Å². The standard InChI is InChI=1S/C10H6FIO/c11-7-2-1-6-3-8(13)5-10(12)9(6)4-7/h1-5,13H. The maximum atomic E-state index is 12.9. The number of aromatic hydroxyl groups is 1. The van der Waals surface area contributed by atoms with E-state index in [0.717, 1.165) is 14.3 Å². The molecule has 0 bridgehead atoms. The van der Waals surface area contributed by atoms with Crippen molar-refractivity contribution in [2.45, 2.75) is 0 Å². The average molecular weight is 288 g/mol. The van der Waals surface area contributed by atoms with Gasteiger partial charge in [0.2, 0.25) is 0 Å². The Morgan fingerprint density at radius 1 is 1.15 bits per heavy atom. The molecule has 0 fully saturated rings. The van der Waals surface area contributed by atoms with Crippen LogP contribution in [0.1, 0.15) is 0 Å². The first-order valence-corrected chi connectivity index (χ1v) is 4.82. The molecule has 66 valence electrons. The minimum absolute atomic E-state index is 0.212. The molecule has 0 aliphatic rings. The molecule has 0 atom stereocenters. The van der Waals surface area contributed by atoms with E-state index in [1.165, 1.54) is 12.1 Å². The highest BCUT2D eigenvalue weighted by atomic mass is 127. The number of benzene rings is 2. The number of fused-ring (bicyclic) bond motifs is 1. The second-order valence-electron chi connectivity index (χ2n) is 2.79. The van der Waals surface area contributed by atoms with Crippen molar-refractivity contribution in [1.29, 1.82) is 0 Å². The Morgan fingerprint density at radius 3 is 2.69 bits per heavy atom. The molecule has 2 rings (SSSR count). The summed E-state index contributed by atoms with van der Waals surface area (Å²) in [5, 5.41) is 11.0. The van der Waals surface area contributed by atoms with Crippen LogP contribution >= 0.6 is 22.6 Å². The lowest BCUT2D eigenvalue weighted by molar-refractivity contribution is 0.476. The lowest BCUT2D eigenvalue weighted by Crippen LogP contribution is -1.80. The van der Waals surface area contributed by atoms with Gasteiger partial charge in [-0.1, -0.05) is 6.07 Å². The van der Waals surface area contributed by atoms with Gasteiger partial charge in [0, 0.05) is 3.57 Å². The van der Waals surface area contributed by atoms with E-state index in [4.69, 9.17) is 0 Å². The molecule has 3 heteroatoms. The Labute approximate surface area is 88.3 Å². The highest BCUT2D eigenvalue weighted by Crippen LogP contribution is 2.26. The van der Waals surface area contributed by atoms with Crippen LogP contribution < -0.4 is 0 Å². The zero-order valence-corrected chi connectivity index (χ0v) is 8.75. The number of phenols is 1. The van der Waals surface area contributed by atoms with Crippen LogP contribution in [0.3, 0.4) is 0 Å². The van der Waals surface area contributed by atoms with Crippen LogP contribution in [0.15, 0.2) is 30.3 Å². The first-order valence-electron chi connectivity index (χ1n) is 3.74. The molecule has 2 aromatic rings. The fraction of sp³-hybridized carbons (Fsp3) is 0. The minimum atomic E-state index is -0.254.